The maximum atomic E-state index is 11.1. The molecule has 0 saturated carbocycles. The van der Waals surface area contributed by atoms with E-state index < -0.39 is 11.1 Å². The van der Waals surface area contributed by atoms with E-state index in [0.29, 0.717) is 13.1 Å². The summed E-state index contributed by atoms with van der Waals surface area (Å²) in [5.74, 6) is -0.589. The molecule has 1 saturated heterocycles. The molecule has 3 N–H and O–H groups in total. The number of carbonyl (C=O) groups is 1. The Hall–Kier alpha value is -0.460. The van der Waals surface area contributed by atoms with Gasteiger partial charge >= 0.3 is 0 Å². The van der Waals surface area contributed by atoms with Gasteiger partial charge in [-0.3, -0.25) is 4.79 Å². The fourth-order valence-corrected chi connectivity index (χ4v) is 1.58. The summed E-state index contributed by atoms with van der Waals surface area (Å²) in [7, 11) is 0. The molecule has 6 heteroatoms. The van der Waals surface area contributed by atoms with Gasteiger partial charge in [0.25, 0.3) is 0 Å². The molecule has 12 heavy (non-hydrogen) atoms. The van der Waals surface area contributed by atoms with Gasteiger partial charge in [-0.05, 0) is 6.42 Å². The van der Waals surface area contributed by atoms with Crippen molar-refractivity contribution in [2.45, 2.75) is 12.5 Å². The van der Waals surface area contributed by atoms with Crippen molar-refractivity contribution in [3.8, 4) is 0 Å². The fraction of sp³-hybridized carbons (Fsp3) is 0.833. The number of rotatable bonds is 3. The van der Waals surface area contributed by atoms with Crippen molar-refractivity contribution in [3.05, 3.63) is 0 Å². The average molecular weight is 192 g/mol. The van der Waals surface area contributed by atoms with Gasteiger partial charge in [-0.1, -0.05) is 0 Å². The van der Waals surface area contributed by atoms with Crippen LogP contribution < -0.4 is 5.73 Å². The molecule has 1 amide bonds. The molecule has 5 nitrogen and oxygen atoms in total. The molecule has 0 aromatic heterocycles. The van der Waals surface area contributed by atoms with Crippen LogP contribution in [-0.2, 0) is 15.9 Å². The highest BCUT2D eigenvalue weighted by molar-refractivity contribution is 7.80. The Morgan fingerprint density at radius 1 is 1.75 bits per heavy atom. The van der Waals surface area contributed by atoms with Gasteiger partial charge in [0.2, 0.25) is 5.91 Å². The first-order valence-corrected chi connectivity index (χ1v) is 4.99. The second-order valence-corrected chi connectivity index (χ2v) is 3.66. The largest absolute Gasteiger partial charge is 0.337 e. The lowest BCUT2D eigenvalue weighted by Gasteiger charge is -2.40. The Morgan fingerprint density at radius 2 is 2.42 bits per heavy atom. The lowest BCUT2D eigenvalue weighted by atomic mass is 10.0. The van der Waals surface area contributed by atoms with E-state index in [0.717, 1.165) is 6.42 Å². The highest BCUT2D eigenvalue weighted by Crippen LogP contribution is 2.15. The van der Waals surface area contributed by atoms with Crippen molar-refractivity contribution >= 4 is 17.0 Å². The maximum Gasteiger partial charge on any atom is 0.237 e. The van der Waals surface area contributed by atoms with Crippen LogP contribution in [0.3, 0.4) is 0 Å². The number of nitrogens with two attached hydrogens (primary N) is 1. The molecule has 0 aromatic rings. The Bertz CT molecular complexity index is 207. The minimum absolute atomic E-state index is 0.0843. The Labute approximate surface area is 73.2 Å². The first kappa shape index (κ1) is 9.63. The number of carbonyl (C=O) groups excluding carboxylic acids is 1. The molecule has 70 valence electrons. The lowest BCUT2D eigenvalue weighted by molar-refractivity contribution is -0.135. The molecule has 0 bridgehead atoms. The molecule has 0 spiro atoms. The molecule has 1 heterocycles. The summed E-state index contributed by atoms with van der Waals surface area (Å²) in [5, 5.41) is 0. The topological polar surface area (TPSA) is 83.6 Å². The first-order valence-electron chi connectivity index (χ1n) is 3.72. The molecule has 1 aliphatic heterocycles. The Kier molecular flexibility index (Phi) is 3.19. The van der Waals surface area contributed by atoms with Crippen molar-refractivity contribution in [2.24, 2.45) is 5.73 Å². The van der Waals surface area contributed by atoms with Gasteiger partial charge in [0.05, 0.1) is 0 Å². The molecule has 2 atom stereocenters. The zero-order chi connectivity index (χ0) is 9.14. The van der Waals surface area contributed by atoms with Crippen LogP contribution in [0.4, 0.5) is 0 Å². The van der Waals surface area contributed by atoms with Crippen LogP contribution in [0.5, 0.6) is 0 Å². The summed E-state index contributed by atoms with van der Waals surface area (Å²) in [6.07, 6.45) is 0.903. The standard InChI is InChI=1S/C6H12N2O3S/c7-3-5-1-2-8(5)6(9)4-12(10)11/h5H,1-4,7H2,(H,10,11). The molecule has 0 aromatic carbocycles. The van der Waals surface area contributed by atoms with Gasteiger partial charge in [0.1, 0.15) is 5.75 Å². The summed E-state index contributed by atoms with van der Waals surface area (Å²) in [5.41, 5.74) is 5.36. The Morgan fingerprint density at radius 3 is 2.75 bits per heavy atom. The molecular weight excluding hydrogens is 180 g/mol. The van der Waals surface area contributed by atoms with Crippen molar-refractivity contribution < 1.29 is 13.6 Å². The van der Waals surface area contributed by atoms with E-state index in [4.69, 9.17) is 10.3 Å². The minimum Gasteiger partial charge on any atom is -0.337 e. The molecule has 0 radical (unpaired) electrons. The summed E-state index contributed by atoms with van der Waals surface area (Å²) < 4.78 is 18.7. The van der Waals surface area contributed by atoms with E-state index in [1.165, 1.54) is 0 Å². The van der Waals surface area contributed by atoms with Crippen LogP contribution >= 0.6 is 0 Å². The molecule has 1 aliphatic rings. The molecular formula is C6H12N2O3S. The predicted molar refractivity (Wildman–Crippen MR) is 44.8 cm³/mol. The Balaban J connectivity index is 2.37. The van der Waals surface area contributed by atoms with Crippen molar-refractivity contribution in [1.29, 1.82) is 0 Å². The van der Waals surface area contributed by atoms with Crippen LogP contribution in [0.1, 0.15) is 6.42 Å². The van der Waals surface area contributed by atoms with Crippen molar-refractivity contribution in [1.82, 2.24) is 4.90 Å². The summed E-state index contributed by atoms with van der Waals surface area (Å²) in [6, 6.07) is 0.0843. The van der Waals surface area contributed by atoms with Gasteiger partial charge in [0, 0.05) is 19.1 Å². The maximum absolute atomic E-state index is 11.1. The fourth-order valence-electron chi connectivity index (χ4n) is 1.20. The van der Waals surface area contributed by atoms with Gasteiger partial charge in [-0.2, -0.15) is 0 Å². The van der Waals surface area contributed by atoms with Crippen molar-refractivity contribution in [3.63, 3.8) is 0 Å². The number of amides is 1. The van der Waals surface area contributed by atoms with E-state index in [-0.39, 0.29) is 17.7 Å². The quantitative estimate of drug-likeness (QED) is 0.548. The van der Waals surface area contributed by atoms with Gasteiger partial charge in [-0.25, -0.2) is 4.21 Å². The normalized spacial score (nSPS) is 24.8. The second kappa shape index (κ2) is 3.97. The second-order valence-electron chi connectivity index (χ2n) is 2.73. The van der Waals surface area contributed by atoms with Gasteiger partial charge in [0.15, 0.2) is 11.1 Å². The van der Waals surface area contributed by atoms with E-state index in [2.05, 4.69) is 0 Å². The minimum atomic E-state index is -2.03. The number of hydrogen-bond acceptors (Lipinski definition) is 3. The SMILES string of the molecule is NCC1CCN1C(=O)CS(=O)O. The number of nitrogens with zero attached hydrogens (tertiary/aromatic N) is 1. The predicted octanol–water partition coefficient (Wildman–Crippen LogP) is -1.23. The zero-order valence-electron chi connectivity index (χ0n) is 6.60. The monoisotopic (exact) mass is 192 g/mol. The summed E-state index contributed by atoms with van der Waals surface area (Å²) >= 11 is -2.03. The third-order valence-electron chi connectivity index (χ3n) is 1.98. The van der Waals surface area contributed by atoms with E-state index in [1.807, 2.05) is 0 Å². The van der Waals surface area contributed by atoms with E-state index >= 15 is 0 Å². The zero-order valence-corrected chi connectivity index (χ0v) is 7.42. The summed E-state index contributed by atoms with van der Waals surface area (Å²) in [4.78, 5) is 12.7. The van der Waals surface area contributed by atoms with E-state index in [1.54, 1.807) is 4.90 Å². The number of likely N-dealkylation sites (tertiary alicyclic amines) is 1. The van der Waals surface area contributed by atoms with Crippen LogP contribution in [-0.4, -0.2) is 44.5 Å². The summed E-state index contributed by atoms with van der Waals surface area (Å²) in [6.45, 7) is 1.10. The lowest BCUT2D eigenvalue weighted by Crippen LogP contribution is -2.55. The molecule has 2 unspecified atom stereocenters. The van der Waals surface area contributed by atoms with Crippen LogP contribution in [0.25, 0.3) is 0 Å². The highest BCUT2D eigenvalue weighted by Gasteiger charge is 2.31. The third-order valence-corrected chi connectivity index (χ3v) is 2.48. The van der Waals surface area contributed by atoms with Crippen molar-refractivity contribution in [2.75, 3.05) is 18.8 Å². The smallest absolute Gasteiger partial charge is 0.237 e. The third kappa shape index (κ3) is 2.02. The molecule has 0 aliphatic carbocycles. The van der Waals surface area contributed by atoms with E-state index in [9.17, 15) is 9.00 Å². The average Bonchev–Trinajstić information content (AvgIpc) is 1.83. The van der Waals surface area contributed by atoms with Gasteiger partial charge in [-0.15, -0.1) is 0 Å². The molecule has 1 rings (SSSR count). The van der Waals surface area contributed by atoms with Crippen LogP contribution in [0.15, 0.2) is 0 Å². The molecule has 1 fully saturated rings. The highest BCUT2D eigenvalue weighted by atomic mass is 32.2. The van der Waals surface area contributed by atoms with Crippen LogP contribution in [0.2, 0.25) is 0 Å². The van der Waals surface area contributed by atoms with Gasteiger partial charge < -0.3 is 15.2 Å². The number of hydrogen-bond donors (Lipinski definition) is 2. The van der Waals surface area contributed by atoms with Crippen LogP contribution in [0, 0.1) is 0 Å². The first-order chi connectivity index (χ1) is 5.65.